The van der Waals surface area contributed by atoms with Gasteiger partial charge in [-0.1, -0.05) is 133 Å². The predicted octanol–water partition coefficient (Wildman–Crippen LogP) is 10.6. The minimum atomic E-state index is 0.0691. The van der Waals surface area contributed by atoms with Gasteiger partial charge in [0.2, 0.25) is 0 Å². The van der Waals surface area contributed by atoms with Crippen molar-refractivity contribution >= 4 is 58.1 Å². The Morgan fingerprint density at radius 1 is 0.476 bits per heavy atom. The summed E-state index contributed by atoms with van der Waals surface area (Å²) in [5.74, 6) is 0. The van der Waals surface area contributed by atoms with Gasteiger partial charge in [-0.2, -0.15) is 0 Å². The first-order valence-corrected chi connectivity index (χ1v) is 15.3. The van der Waals surface area contributed by atoms with Crippen molar-refractivity contribution in [3.05, 3.63) is 144 Å². The summed E-state index contributed by atoms with van der Waals surface area (Å²) in [5.41, 5.74) is 8.76. The summed E-state index contributed by atoms with van der Waals surface area (Å²) in [6.07, 6.45) is 8.59. The van der Waals surface area contributed by atoms with Crippen LogP contribution in [0, 0.1) is 0 Å². The second-order valence-corrected chi connectivity index (χ2v) is 12.3. The van der Waals surface area contributed by atoms with Crippen LogP contribution in [0.3, 0.4) is 0 Å². The van der Waals surface area contributed by atoms with Crippen LogP contribution in [0.2, 0.25) is 0 Å². The van der Waals surface area contributed by atoms with Crippen molar-refractivity contribution in [3.63, 3.8) is 0 Å². The summed E-state index contributed by atoms with van der Waals surface area (Å²) >= 11 is 2.48. The Morgan fingerprint density at radius 3 is 1.17 bits per heavy atom. The first-order valence-electron chi connectivity index (χ1n) is 13.7. The Bertz CT molecular complexity index is 1600. The molecule has 0 N–H and O–H groups in total. The molecule has 0 saturated heterocycles. The third kappa shape index (κ3) is 7.88. The lowest BCUT2D eigenvalue weighted by Gasteiger charge is -2.15. The van der Waals surface area contributed by atoms with Crippen LogP contribution < -0.4 is 0 Å². The second kappa shape index (κ2) is 14.0. The molecule has 0 aliphatic heterocycles. The van der Waals surface area contributed by atoms with Crippen LogP contribution in [0.4, 0.5) is 0 Å². The highest BCUT2D eigenvalue weighted by atomic mass is 32.2. The lowest BCUT2D eigenvalue weighted by molar-refractivity contribution is -0.109. The number of thioether (sulfide) groups is 2. The van der Waals surface area contributed by atoms with Crippen LogP contribution >= 0.6 is 23.5 Å². The number of carbonyl (C=O) groups is 2. The van der Waals surface area contributed by atoms with E-state index in [1.54, 1.807) is 13.8 Å². The Labute approximate surface area is 256 Å². The van der Waals surface area contributed by atoms with Gasteiger partial charge < -0.3 is 0 Å². The molecule has 0 heterocycles. The first kappa shape index (κ1) is 29.1. The number of benzene rings is 5. The van der Waals surface area contributed by atoms with Crippen molar-refractivity contribution in [3.8, 4) is 22.3 Å². The van der Waals surface area contributed by atoms with Crippen LogP contribution in [-0.4, -0.2) is 10.2 Å². The van der Waals surface area contributed by atoms with E-state index in [9.17, 15) is 9.59 Å². The zero-order valence-electron chi connectivity index (χ0n) is 23.5. The molecule has 5 aromatic carbocycles. The molecule has 0 spiro atoms. The highest BCUT2D eigenvalue weighted by Gasteiger charge is 2.12. The number of rotatable bonds is 8. The molecule has 0 unspecified atom stereocenters. The van der Waals surface area contributed by atoms with Crippen LogP contribution in [0.15, 0.2) is 131 Å². The second-order valence-electron chi connectivity index (χ2n) is 9.75. The van der Waals surface area contributed by atoms with Crippen LogP contribution in [0.5, 0.6) is 0 Å². The van der Waals surface area contributed by atoms with Crippen molar-refractivity contribution in [2.75, 3.05) is 0 Å². The minimum Gasteiger partial charge on any atom is -0.287 e. The fourth-order valence-electron chi connectivity index (χ4n) is 4.65. The molecule has 0 fully saturated rings. The molecule has 0 saturated carbocycles. The Balaban J connectivity index is 1.66. The van der Waals surface area contributed by atoms with Gasteiger partial charge in [-0.05, 0) is 80.9 Å². The van der Waals surface area contributed by atoms with E-state index in [0.29, 0.717) is 0 Å². The predicted molar refractivity (Wildman–Crippen MR) is 181 cm³/mol. The zero-order valence-corrected chi connectivity index (χ0v) is 25.1. The fraction of sp³-hybridized carbons (Fsp3) is 0.0526. The number of hydrogen-bond donors (Lipinski definition) is 0. The highest BCUT2D eigenvalue weighted by molar-refractivity contribution is 8.13. The lowest BCUT2D eigenvalue weighted by Crippen LogP contribution is -1.92. The maximum absolute atomic E-state index is 11.6. The summed E-state index contributed by atoms with van der Waals surface area (Å²) < 4.78 is 0. The molecular weight excluding hydrogens is 553 g/mol. The summed E-state index contributed by atoms with van der Waals surface area (Å²) in [6, 6.07) is 41.4. The molecule has 0 aromatic heterocycles. The Kier molecular flexibility index (Phi) is 9.70. The summed E-state index contributed by atoms with van der Waals surface area (Å²) in [5, 5.41) is 0.138. The smallest absolute Gasteiger partial charge is 0.190 e. The molecule has 4 heteroatoms. The normalized spacial score (nSPS) is 11.3. The van der Waals surface area contributed by atoms with Gasteiger partial charge in [0.05, 0.1) is 0 Å². The van der Waals surface area contributed by atoms with E-state index in [0.717, 1.165) is 54.3 Å². The Morgan fingerprint density at radius 2 is 0.833 bits per heavy atom. The van der Waals surface area contributed by atoms with E-state index >= 15 is 0 Å². The highest BCUT2D eigenvalue weighted by Crippen LogP contribution is 2.36. The van der Waals surface area contributed by atoms with Gasteiger partial charge in [0.15, 0.2) is 10.2 Å². The SMILES string of the molecule is CC(=O)Sc1ccc(-c2cc(/C=C/c3ccccc3)c(-c3ccc(SC(C)=O)cc3)cc2/C=C/c2ccccc2)cc1. The van der Waals surface area contributed by atoms with Gasteiger partial charge >= 0.3 is 0 Å². The van der Waals surface area contributed by atoms with Crippen LogP contribution in [0.25, 0.3) is 46.6 Å². The quantitative estimate of drug-likeness (QED) is 0.135. The van der Waals surface area contributed by atoms with Crippen molar-refractivity contribution < 1.29 is 9.59 Å². The molecule has 0 amide bonds. The van der Waals surface area contributed by atoms with Gasteiger partial charge in [-0.3, -0.25) is 9.59 Å². The first-order chi connectivity index (χ1) is 20.4. The van der Waals surface area contributed by atoms with Crippen LogP contribution in [0.1, 0.15) is 36.1 Å². The molecule has 0 atom stereocenters. The molecule has 2 nitrogen and oxygen atoms in total. The summed E-state index contributed by atoms with van der Waals surface area (Å²) in [4.78, 5) is 25.2. The van der Waals surface area contributed by atoms with Crippen molar-refractivity contribution in [1.82, 2.24) is 0 Å². The Hall–Kier alpha value is -4.38. The van der Waals surface area contributed by atoms with E-state index in [4.69, 9.17) is 0 Å². The van der Waals surface area contributed by atoms with Crippen molar-refractivity contribution in [2.45, 2.75) is 23.6 Å². The molecule has 0 aliphatic rings. The van der Waals surface area contributed by atoms with Gasteiger partial charge in [0.1, 0.15) is 0 Å². The zero-order chi connectivity index (χ0) is 29.3. The molecule has 206 valence electrons. The maximum Gasteiger partial charge on any atom is 0.190 e. The molecule has 0 bridgehead atoms. The van der Waals surface area contributed by atoms with Crippen molar-refractivity contribution in [1.29, 1.82) is 0 Å². The van der Waals surface area contributed by atoms with Gasteiger partial charge in [0.25, 0.3) is 0 Å². The summed E-state index contributed by atoms with van der Waals surface area (Å²) in [6.45, 7) is 3.17. The standard InChI is InChI=1S/C38H30O2S2/c1-27(39)41-35-21-17-31(18-22-35)37-25-34(16-14-30-11-7-4-8-12-30)38(32-19-23-36(24-20-32)42-28(2)40)26-33(37)15-13-29-9-5-3-6-10-29/h3-26H,1-2H3/b15-13+,16-14+. The average molecular weight is 583 g/mol. The molecule has 0 aliphatic carbocycles. The molecule has 0 radical (unpaired) electrons. The van der Waals surface area contributed by atoms with Crippen molar-refractivity contribution in [2.24, 2.45) is 0 Å². The largest absolute Gasteiger partial charge is 0.287 e. The third-order valence-corrected chi connectivity index (χ3v) is 8.18. The van der Waals surface area contributed by atoms with Crippen LogP contribution in [-0.2, 0) is 9.59 Å². The third-order valence-electron chi connectivity index (χ3n) is 6.59. The minimum absolute atomic E-state index is 0.0691. The van der Waals surface area contributed by atoms with E-state index in [2.05, 4.69) is 85.0 Å². The summed E-state index contributed by atoms with van der Waals surface area (Å²) in [7, 11) is 0. The number of hydrogen-bond acceptors (Lipinski definition) is 4. The average Bonchev–Trinajstić information content (AvgIpc) is 3.00. The van der Waals surface area contributed by atoms with Gasteiger partial charge in [-0.25, -0.2) is 0 Å². The molecule has 42 heavy (non-hydrogen) atoms. The van der Waals surface area contributed by atoms with E-state index in [-0.39, 0.29) is 10.2 Å². The monoisotopic (exact) mass is 582 g/mol. The fourth-order valence-corrected chi connectivity index (χ4v) is 5.85. The topological polar surface area (TPSA) is 34.1 Å². The number of carbonyl (C=O) groups excluding carboxylic acids is 2. The lowest BCUT2D eigenvalue weighted by atomic mass is 9.90. The molecule has 5 rings (SSSR count). The molecular formula is C38H30O2S2. The van der Waals surface area contributed by atoms with E-state index in [1.165, 1.54) is 23.5 Å². The van der Waals surface area contributed by atoms with E-state index in [1.807, 2.05) is 60.7 Å². The van der Waals surface area contributed by atoms with Gasteiger partial charge in [-0.15, -0.1) is 0 Å². The maximum atomic E-state index is 11.6. The van der Waals surface area contributed by atoms with E-state index < -0.39 is 0 Å². The molecule has 5 aromatic rings. The van der Waals surface area contributed by atoms with Gasteiger partial charge in [0, 0.05) is 23.6 Å².